The Kier molecular flexibility index (Phi) is 3.64. The Morgan fingerprint density at radius 1 is 1.54 bits per heavy atom. The molecular formula is C8H11ClN4. The predicted molar refractivity (Wildman–Crippen MR) is 53.5 cm³/mol. The molecule has 0 atom stereocenters. The molecule has 13 heavy (non-hydrogen) atoms. The van der Waals surface area contributed by atoms with E-state index in [-0.39, 0.29) is 0 Å². The van der Waals surface area contributed by atoms with E-state index in [1.807, 2.05) is 14.0 Å². The van der Waals surface area contributed by atoms with Crippen molar-refractivity contribution in [3.05, 3.63) is 17.3 Å². The molecule has 0 aromatic carbocycles. The molecule has 0 amide bonds. The molecule has 0 saturated carbocycles. The highest BCUT2D eigenvalue weighted by molar-refractivity contribution is 6.29. The largest absolute Gasteiger partial charge is 0.377 e. The molecule has 0 saturated heterocycles. The third-order valence-electron chi connectivity index (χ3n) is 1.49. The Balaban J connectivity index is 2.84. The smallest absolute Gasteiger partial charge is 0.176 e. The molecule has 1 heterocycles. The number of hydrogen-bond acceptors (Lipinski definition) is 3. The monoisotopic (exact) mass is 198 g/mol. The van der Waals surface area contributed by atoms with Crippen molar-refractivity contribution >= 4 is 23.3 Å². The molecule has 1 rings (SSSR count). The number of nitrogens with one attached hydrogen (secondary N) is 1. The predicted octanol–water partition coefficient (Wildman–Crippen LogP) is 1.79. The quantitative estimate of drug-likeness (QED) is 0.582. The first-order valence-corrected chi connectivity index (χ1v) is 4.38. The maximum Gasteiger partial charge on any atom is 0.176 e. The zero-order chi connectivity index (χ0) is 9.68. The number of aliphatic imine (C=N–C) groups is 1. The lowest BCUT2D eigenvalue weighted by atomic mass is 10.4. The lowest BCUT2D eigenvalue weighted by Crippen LogP contribution is -2.16. The Morgan fingerprint density at radius 2 is 2.31 bits per heavy atom. The molecule has 0 aliphatic rings. The summed E-state index contributed by atoms with van der Waals surface area (Å²) in [6.07, 6.45) is 0.834. The van der Waals surface area contributed by atoms with Crippen molar-refractivity contribution in [1.29, 1.82) is 0 Å². The highest BCUT2D eigenvalue weighted by Crippen LogP contribution is 2.09. The lowest BCUT2D eigenvalue weighted by molar-refractivity contribution is 1.00. The van der Waals surface area contributed by atoms with Gasteiger partial charge in [-0.3, -0.25) is 0 Å². The van der Waals surface area contributed by atoms with Crippen molar-refractivity contribution < 1.29 is 0 Å². The van der Waals surface area contributed by atoms with Gasteiger partial charge in [0.1, 0.15) is 5.84 Å². The standard InChI is InChI=1S/C8H11ClN4/c1-3-7(10-2)11-8-5-4-6(9)12-13-8/h4-5H,3H2,1-2H3,(H,10,11,13). The van der Waals surface area contributed by atoms with Crippen molar-refractivity contribution in [2.24, 2.45) is 4.99 Å². The van der Waals surface area contributed by atoms with Crippen molar-refractivity contribution in [3.63, 3.8) is 0 Å². The Labute approximate surface area is 82.0 Å². The SMILES string of the molecule is CC/C(=N/c1ccc(Cl)nn1)NC. The average molecular weight is 199 g/mol. The van der Waals surface area contributed by atoms with Crippen LogP contribution < -0.4 is 5.32 Å². The molecule has 1 aromatic heterocycles. The molecule has 0 aliphatic carbocycles. The Morgan fingerprint density at radius 3 is 2.77 bits per heavy atom. The zero-order valence-electron chi connectivity index (χ0n) is 7.58. The second kappa shape index (κ2) is 4.77. The van der Waals surface area contributed by atoms with E-state index in [9.17, 15) is 0 Å². The van der Waals surface area contributed by atoms with Crippen LogP contribution in [0.1, 0.15) is 13.3 Å². The number of hydrogen-bond donors (Lipinski definition) is 1. The second-order valence-electron chi connectivity index (χ2n) is 2.38. The first-order chi connectivity index (χ1) is 6.26. The van der Waals surface area contributed by atoms with Gasteiger partial charge in [0.15, 0.2) is 11.0 Å². The van der Waals surface area contributed by atoms with Gasteiger partial charge in [-0.05, 0) is 12.1 Å². The normalized spacial score (nSPS) is 11.5. The molecule has 1 N–H and O–H groups in total. The third-order valence-corrected chi connectivity index (χ3v) is 1.69. The summed E-state index contributed by atoms with van der Waals surface area (Å²) in [6, 6.07) is 3.39. The van der Waals surface area contributed by atoms with Crippen LogP contribution in [0.5, 0.6) is 0 Å². The molecule has 0 radical (unpaired) electrons. The summed E-state index contributed by atoms with van der Waals surface area (Å²) < 4.78 is 0. The number of aromatic nitrogens is 2. The van der Waals surface area contributed by atoms with Crippen LogP contribution in [0.4, 0.5) is 5.82 Å². The van der Waals surface area contributed by atoms with Crippen molar-refractivity contribution in [2.45, 2.75) is 13.3 Å². The molecule has 0 bridgehead atoms. The molecule has 0 aliphatic heterocycles. The molecule has 70 valence electrons. The summed E-state index contributed by atoms with van der Waals surface area (Å²) in [5.41, 5.74) is 0. The summed E-state index contributed by atoms with van der Waals surface area (Å²) in [5, 5.41) is 10.8. The van der Waals surface area contributed by atoms with Crippen molar-refractivity contribution in [1.82, 2.24) is 15.5 Å². The highest BCUT2D eigenvalue weighted by Gasteiger charge is 1.95. The van der Waals surface area contributed by atoms with E-state index in [1.54, 1.807) is 12.1 Å². The molecule has 1 aromatic rings. The van der Waals surface area contributed by atoms with Crippen LogP contribution in [0.25, 0.3) is 0 Å². The first kappa shape index (κ1) is 9.92. The van der Waals surface area contributed by atoms with Gasteiger partial charge in [-0.2, -0.15) is 0 Å². The van der Waals surface area contributed by atoms with Gasteiger partial charge in [-0.15, -0.1) is 10.2 Å². The van der Waals surface area contributed by atoms with Gasteiger partial charge in [-0.1, -0.05) is 18.5 Å². The van der Waals surface area contributed by atoms with Crippen LogP contribution >= 0.6 is 11.6 Å². The summed E-state index contributed by atoms with van der Waals surface area (Å²) in [5.74, 6) is 1.44. The number of rotatable bonds is 2. The van der Waals surface area contributed by atoms with Crippen LogP contribution in [-0.2, 0) is 0 Å². The fraction of sp³-hybridized carbons (Fsp3) is 0.375. The minimum atomic E-state index is 0.376. The first-order valence-electron chi connectivity index (χ1n) is 4.00. The summed E-state index contributed by atoms with van der Waals surface area (Å²) in [6.45, 7) is 2.01. The van der Waals surface area contributed by atoms with Crippen molar-refractivity contribution in [2.75, 3.05) is 7.05 Å². The third kappa shape index (κ3) is 2.99. The van der Waals surface area contributed by atoms with Gasteiger partial charge in [0.2, 0.25) is 0 Å². The van der Waals surface area contributed by atoms with Crippen LogP contribution in [0, 0.1) is 0 Å². The van der Waals surface area contributed by atoms with E-state index in [4.69, 9.17) is 11.6 Å². The number of nitrogens with zero attached hydrogens (tertiary/aromatic N) is 3. The van der Waals surface area contributed by atoms with Crippen LogP contribution in [0.3, 0.4) is 0 Å². The van der Waals surface area contributed by atoms with Crippen LogP contribution in [-0.4, -0.2) is 23.1 Å². The fourth-order valence-corrected chi connectivity index (χ4v) is 0.919. The Hall–Kier alpha value is -1.16. The number of amidine groups is 1. The van der Waals surface area contributed by atoms with Crippen LogP contribution in [0.15, 0.2) is 17.1 Å². The molecular weight excluding hydrogens is 188 g/mol. The lowest BCUT2D eigenvalue weighted by Gasteiger charge is -2.00. The maximum atomic E-state index is 5.58. The topological polar surface area (TPSA) is 50.2 Å². The van der Waals surface area contributed by atoms with Gasteiger partial charge in [0.05, 0.1) is 0 Å². The summed E-state index contributed by atoms with van der Waals surface area (Å²) in [7, 11) is 1.83. The summed E-state index contributed by atoms with van der Waals surface area (Å²) in [4.78, 5) is 4.21. The van der Waals surface area contributed by atoms with E-state index in [0.717, 1.165) is 12.3 Å². The van der Waals surface area contributed by atoms with E-state index >= 15 is 0 Å². The van der Waals surface area contributed by atoms with Gasteiger partial charge in [-0.25, -0.2) is 4.99 Å². The van der Waals surface area contributed by atoms with E-state index < -0.39 is 0 Å². The van der Waals surface area contributed by atoms with Gasteiger partial charge in [0.25, 0.3) is 0 Å². The molecule has 5 heteroatoms. The molecule has 4 nitrogen and oxygen atoms in total. The zero-order valence-corrected chi connectivity index (χ0v) is 8.34. The highest BCUT2D eigenvalue weighted by atomic mass is 35.5. The maximum absolute atomic E-state index is 5.58. The summed E-state index contributed by atoms with van der Waals surface area (Å²) >= 11 is 5.58. The molecule has 0 unspecified atom stereocenters. The average Bonchev–Trinajstić information content (AvgIpc) is 2.17. The second-order valence-corrected chi connectivity index (χ2v) is 2.76. The number of halogens is 1. The van der Waals surface area contributed by atoms with Crippen LogP contribution in [0.2, 0.25) is 5.15 Å². The van der Waals surface area contributed by atoms with E-state index in [0.29, 0.717) is 11.0 Å². The van der Waals surface area contributed by atoms with Crippen molar-refractivity contribution in [3.8, 4) is 0 Å². The van der Waals surface area contributed by atoms with Gasteiger partial charge >= 0.3 is 0 Å². The van der Waals surface area contributed by atoms with Gasteiger partial charge < -0.3 is 5.32 Å². The minimum absolute atomic E-state index is 0.376. The fourth-order valence-electron chi connectivity index (χ4n) is 0.819. The molecule has 0 spiro atoms. The van der Waals surface area contributed by atoms with E-state index in [2.05, 4.69) is 20.5 Å². The minimum Gasteiger partial charge on any atom is -0.377 e. The van der Waals surface area contributed by atoms with E-state index in [1.165, 1.54) is 0 Å². The molecule has 0 fully saturated rings. The van der Waals surface area contributed by atoms with Gasteiger partial charge in [0, 0.05) is 13.5 Å². The Bertz CT molecular complexity index is 288.